The molecule has 0 aliphatic heterocycles. The highest BCUT2D eigenvalue weighted by Gasteiger charge is 2.42. The number of hydrogen-bond donors (Lipinski definition) is 1. The second kappa shape index (κ2) is 4.88. The molecule has 0 radical (unpaired) electrons. The van der Waals surface area contributed by atoms with Gasteiger partial charge in [-0.25, -0.2) is 0 Å². The summed E-state index contributed by atoms with van der Waals surface area (Å²) in [4.78, 5) is 11.9. The highest BCUT2D eigenvalue weighted by Crippen LogP contribution is 2.37. The van der Waals surface area contributed by atoms with E-state index in [1.54, 1.807) is 0 Å². The quantitative estimate of drug-likeness (QED) is 0.833. The third-order valence-electron chi connectivity index (χ3n) is 2.86. The predicted molar refractivity (Wildman–Crippen MR) is 72.3 cm³/mol. The number of rotatable bonds is 4. The van der Waals surface area contributed by atoms with Crippen LogP contribution in [0.4, 0.5) is 0 Å². The molecular weight excluding hydrogens is 334 g/mol. The lowest BCUT2D eigenvalue weighted by atomic mass is 10.1. The molecule has 1 amide bonds. The standard InChI is InChI=1S/C12H13Br2NO/c13-7-9-1-3-10(4-2-9)11(16)15-12(8-14)5-6-12/h1-4H,5-8H2,(H,15,16). The Kier molecular flexibility index (Phi) is 3.70. The molecule has 4 heteroatoms. The van der Waals surface area contributed by atoms with Gasteiger partial charge in [0.15, 0.2) is 0 Å². The van der Waals surface area contributed by atoms with Crippen molar-refractivity contribution in [3.8, 4) is 0 Å². The molecule has 1 N–H and O–H groups in total. The summed E-state index contributed by atoms with van der Waals surface area (Å²) in [6.07, 6.45) is 2.15. The molecule has 2 rings (SSSR count). The second-order valence-corrected chi connectivity index (χ2v) is 5.32. The van der Waals surface area contributed by atoms with E-state index in [2.05, 4.69) is 37.2 Å². The fourth-order valence-corrected chi connectivity index (χ4v) is 2.58. The van der Waals surface area contributed by atoms with Crippen LogP contribution in [-0.2, 0) is 5.33 Å². The molecule has 0 saturated heterocycles. The average Bonchev–Trinajstić information content (AvgIpc) is 3.09. The van der Waals surface area contributed by atoms with Gasteiger partial charge in [-0.3, -0.25) is 4.79 Å². The first-order valence-corrected chi connectivity index (χ1v) is 7.47. The van der Waals surface area contributed by atoms with E-state index in [-0.39, 0.29) is 11.4 Å². The Bertz CT molecular complexity index is 385. The third kappa shape index (κ3) is 2.66. The number of carbonyl (C=O) groups excluding carboxylic acids is 1. The van der Waals surface area contributed by atoms with Crippen LogP contribution < -0.4 is 5.32 Å². The SMILES string of the molecule is O=C(NC1(CBr)CC1)c1ccc(CBr)cc1. The summed E-state index contributed by atoms with van der Waals surface area (Å²) in [5.74, 6) is 0.0260. The number of halogens is 2. The number of carbonyl (C=O) groups is 1. The zero-order valence-corrected chi connectivity index (χ0v) is 12.0. The fraction of sp³-hybridized carbons (Fsp3) is 0.417. The minimum Gasteiger partial charge on any atom is -0.346 e. The van der Waals surface area contributed by atoms with Crippen molar-refractivity contribution < 1.29 is 4.79 Å². The number of benzene rings is 1. The van der Waals surface area contributed by atoms with E-state index in [1.165, 1.54) is 5.56 Å². The number of amides is 1. The molecule has 1 aliphatic rings. The lowest BCUT2D eigenvalue weighted by Crippen LogP contribution is -2.38. The monoisotopic (exact) mass is 345 g/mol. The van der Waals surface area contributed by atoms with Crippen LogP contribution in [0.15, 0.2) is 24.3 Å². The number of nitrogens with one attached hydrogen (secondary N) is 1. The van der Waals surface area contributed by atoms with E-state index >= 15 is 0 Å². The summed E-state index contributed by atoms with van der Waals surface area (Å²) in [5.41, 5.74) is 1.93. The van der Waals surface area contributed by atoms with E-state index in [0.717, 1.165) is 29.1 Å². The third-order valence-corrected chi connectivity index (χ3v) is 4.58. The van der Waals surface area contributed by atoms with E-state index in [0.29, 0.717) is 0 Å². The van der Waals surface area contributed by atoms with Gasteiger partial charge in [0.05, 0.1) is 5.54 Å². The van der Waals surface area contributed by atoms with Crippen molar-refractivity contribution in [2.24, 2.45) is 0 Å². The summed E-state index contributed by atoms with van der Waals surface area (Å²) in [6.45, 7) is 0. The van der Waals surface area contributed by atoms with Gasteiger partial charge in [-0.15, -0.1) is 0 Å². The topological polar surface area (TPSA) is 29.1 Å². The maximum absolute atomic E-state index is 11.9. The minimum absolute atomic E-state index is 0.0190. The molecule has 0 atom stereocenters. The Balaban J connectivity index is 2.03. The Labute approximate surface area is 112 Å². The molecular formula is C12H13Br2NO. The smallest absolute Gasteiger partial charge is 0.251 e. The van der Waals surface area contributed by atoms with Crippen LogP contribution in [0.3, 0.4) is 0 Å². The molecule has 0 bridgehead atoms. The van der Waals surface area contributed by atoms with Crippen molar-refractivity contribution in [1.29, 1.82) is 0 Å². The lowest BCUT2D eigenvalue weighted by Gasteiger charge is -2.14. The van der Waals surface area contributed by atoms with E-state index in [1.807, 2.05) is 24.3 Å². The van der Waals surface area contributed by atoms with Crippen molar-refractivity contribution in [3.05, 3.63) is 35.4 Å². The minimum atomic E-state index is 0.0190. The number of alkyl halides is 2. The van der Waals surface area contributed by atoms with Gasteiger partial charge in [-0.1, -0.05) is 44.0 Å². The summed E-state index contributed by atoms with van der Waals surface area (Å²) >= 11 is 6.82. The molecule has 0 heterocycles. The molecule has 1 fully saturated rings. The van der Waals surface area contributed by atoms with Gasteiger partial charge in [-0.05, 0) is 30.5 Å². The first kappa shape index (κ1) is 12.1. The number of hydrogen-bond acceptors (Lipinski definition) is 1. The summed E-state index contributed by atoms with van der Waals surface area (Å²) in [5, 5.41) is 4.73. The lowest BCUT2D eigenvalue weighted by molar-refractivity contribution is 0.0936. The van der Waals surface area contributed by atoms with Gasteiger partial charge < -0.3 is 5.32 Å². The Hall–Kier alpha value is -0.350. The first-order chi connectivity index (χ1) is 7.69. The zero-order valence-electron chi connectivity index (χ0n) is 8.80. The molecule has 1 saturated carbocycles. The molecule has 2 nitrogen and oxygen atoms in total. The van der Waals surface area contributed by atoms with Gasteiger partial charge in [0.25, 0.3) is 5.91 Å². The van der Waals surface area contributed by atoms with Crippen LogP contribution in [0.25, 0.3) is 0 Å². The van der Waals surface area contributed by atoms with Crippen LogP contribution in [0.2, 0.25) is 0 Å². The summed E-state index contributed by atoms with van der Waals surface area (Å²) in [7, 11) is 0. The van der Waals surface area contributed by atoms with E-state index in [4.69, 9.17) is 0 Å². The molecule has 1 aliphatic carbocycles. The maximum atomic E-state index is 11.9. The normalized spacial score (nSPS) is 16.9. The van der Waals surface area contributed by atoms with Gasteiger partial charge in [0.1, 0.15) is 0 Å². The van der Waals surface area contributed by atoms with Gasteiger partial charge in [0, 0.05) is 16.2 Å². The van der Waals surface area contributed by atoms with Gasteiger partial charge in [0.2, 0.25) is 0 Å². The largest absolute Gasteiger partial charge is 0.346 e. The van der Waals surface area contributed by atoms with Crippen molar-refractivity contribution in [3.63, 3.8) is 0 Å². The molecule has 86 valence electrons. The first-order valence-electron chi connectivity index (χ1n) is 5.22. The molecule has 0 spiro atoms. The predicted octanol–water partition coefficient (Wildman–Crippen LogP) is 3.24. The Morgan fingerprint density at radius 2 is 1.88 bits per heavy atom. The van der Waals surface area contributed by atoms with Crippen LogP contribution in [0, 0.1) is 0 Å². The fourth-order valence-electron chi connectivity index (χ4n) is 1.50. The highest BCUT2D eigenvalue weighted by molar-refractivity contribution is 9.09. The van der Waals surface area contributed by atoms with Crippen LogP contribution >= 0.6 is 31.9 Å². The maximum Gasteiger partial charge on any atom is 0.251 e. The molecule has 1 aromatic rings. The molecule has 0 aromatic heterocycles. The molecule has 0 unspecified atom stereocenters. The van der Waals surface area contributed by atoms with Gasteiger partial charge in [-0.2, -0.15) is 0 Å². The molecule has 16 heavy (non-hydrogen) atoms. The van der Waals surface area contributed by atoms with Crippen molar-refractivity contribution in [2.45, 2.75) is 23.7 Å². The highest BCUT2D eigenvalue weighted by atomic mass is 79.9. The van der Waals surface area contributed by atoms with Crippen LogP contribution in [0.1, 0.15) is 28.8 Å². The summed E-state index contributed by atoms with van der Waals surface area (Å²) < 4.78 is 0. The van der Waals surface area contributed by atoms with E-state index in [9.17, 15) is 4.79 Å². The zero-order chi connectivity index (χ0) is 11.6. The van der Waals surface area contributed by atoms with Gasteiger partial charge >= 0.3 is 0 Å². The van der Waals surface area contributed by atoms with Crippen molar-refractivity contribution in [2.75, 3.05) is 5.33 Å². The van der Waals surface area contributed by atoms with Crippen LogP contribution in [0.5, 0.6) is 0 Å². The van der Waals surface area contributed by atoms with Crippen LogP contribution in [-0.4, -0.2) is 16.8 Å². The van der Waals surface area contributed by atoms with E-state index < -0.39 is 0 Å². The van der Waals surface area contributed by atoms with Crippen molar-refractivity contribution >= 4 is 37.8 Å². The second-order valence-electron chi connectivity index (χ2n) is 4.20. The summed E-state index contributed by atoms with van der Waals surface area (Å²) in [6, 6.07) is 7.68. The van der Waals surface area contributed by atoms with Crippen molar-refractivity contribution in [1.82, 2.24) is 5.32 Å². The Morgan fingerprint density at radius 1 is 1.25 bits per heavy atom. The Morgan fingerprint density at radius 3 is 2.31 bits per heavy atom. The average molecular weight is 347 g/mol. The molecule has 1 aromatic carbocycles.